The summed E-state index contributed by atoms with van der Waals surface area (Å²) in [5.74, 6) is 0.148. The molecule has 33 heavy (non-hydrogen) atoms. The molecule has 7 heteroatoms. The fraction of sp³-hybridized carbons (Fsp3) is 0.115. The molecule has 0 saturated heterocycles. The minimum absolute atomic E-state index is 0.156. The summed E-state index contributed by atoms with van der Waals surface area (Å²) in [6, 6.07) is 24.8. The Hall–Kier alpha value is -4.39. The average Bonchev–Trinajstić information content (AvgIpc) is 2.85. The van der Waals surface area contributed by atoms with Gasteiger partial charge in [0.05, 0.1) is 17.6 Å². The van der Waals surface area contributed by atoms with Gasteiger partial charge in [0.15, 0.2) is 0 Å². The molecule has 0 aliphatic rings. The number of aryl methyl sites for hydroxylation is 1. The number of carbonyl (C=O) groups excluding carboxylic acids is 1. The summed E-state index contributed by atoms with van der Waals surface area (Å²) in [4.78, 5) is 21.5. The van der Waals surface area contributed by atoms with Crippen molar-refractivity contribution in [3.8, 4) is 11.3 Å². The number of carbonyl (C=O) groups is 1. The van der Waals surface area contributed by atoms with Crippen molar-refractivity contribution in [3.05, 3.63) is 107 Å². The molecular weight excluding hydrogens is 412 g/mol. The average molecular weight is 437 g/mol. The molecule has 0 bridgehead atoms. The Bertz CT molecular complexity index is 1270. The third-order valence-corrected chi connectivity index (χ3v) is 5.03. The van der Waals surface area contributed by atoms with Gasteiger partial charge in [-0.2, -0.15) is 10.2 Å². The zero-order valence-electron chi connectivity index (χ0n) is 18.3. The molecule has 0 saturated carbocycles. The predicted octanol–water partition coefficient (Wildman–Crippen LogP) is 5.25. The van der Waals surface area contributed by atoms with Crippen LogP contribution in [0.15, 0.2) is 95.3 Å². The van der Waals surface area contributed by atoms with Crippen molar-refractivity contribution < 1.29 is 4.79 Å². The van der Waals surface area contributed by atoms with Crippen LogP contribution in [0.1, 0.15) is 27.2 Å². The third-order valence-electron chi connectivity index (χ3n) is 5.03. The predicted molar refractivity (Wildman–Crippen MR) is 129 cm³/mol. The van der Waals surface area contributed by atoms with E-state index in [0.717, 1.165) is 22.4 Å². The minimum atomic E-state index is -0.156. The maximum Gasteiger partial charge on any atom is 0.251 e. The molecular formula is C26H24N6O. The van der Waals surface area contributed by atoms with Gasteiger partial charge in [0.2, 0.25) is 0 Å². The van der Waals surface area contributed by atoms with Gasteiger partial charge in [0.25, 0.3) is 5.91 Å². The van der Waals surface area contributed by atoms with E-state index in [9.17, 15) is 4.79 Å². The molecule has 3 N–H and O–H groups in total. The summed E-state index contributed by atoms with van der Waals surface area (Å²) < 4.78 is 0. The minimum Gasteiger partial charge on any atom is -0.382 e. The van der Waals surface area contributed by atoms with Crippen molar-refractivity contribution in [2.75, 3.05) is 5.73 Å². The summed E-state index contributed by atoms with van der Waals surface area (Å²) in [5.41, 5.74) is 11.4. The number of nitrogen functional groups attached to an aromatic ring is 1. The van der Waals surface area contributed by atoms with Crippen molar-refractivity contribution in [1.82, 2.24) is 15.3 Å². The molecule has 4 aromatic rings. The third kappa shape index (κ3) is 5.86. The molecule has 0 spiro atoms. The monoisotopic (exact) mass is 436 g/mol. The first-order chi connectivity index (χ1) is 16.1. The Kier molecular flexibility index (Phi) is 6.80. The first-order valence-corrected chi connectivity index (χ1v) is 10.6. The quantitative estimate of drug-likeness (QED) is 0.386. The number of nitrogens with two attached hydrogens (primary N) is 1. The van der Waals surface area contributed by atoms with Gasteiger partial charge in [-0.15, -0.1) is 0 Å². The van der Waals surface area contributed by atoms with Crippen LogP contribution in [-0.4, -0.2) is 15.9 Å². The van der Waals surface area contributed by atoms with Gasteiger partial charge in [0, 0.05) is 17.7 Å². The topological polar surface area (TPSA) is 106 Å². The van der Waals surface area contributed by atoms with E-state index in [1.54, 1.807) is 18.3 Å². The fourth-order valence-corrected chi connectivity index (χ4v) is 3.19. The number of hydrogen-bond donors (Lipinski definition) is 2. The number of azo groups is 1. The van der Waals surface area contributed by atoms with Gasteiger partial charge >= 0.3 is 0 Å². The number of nitrogens with one attached hydrogen (secondary N) is 1. The highest BCUT2D eigenvalue weighted by Crippen LogP contribution is 2.21. The van der Waals surface area contributed by atoms with Gasteiger partial charge in [-0.3, -0.25) is 4.79 Å². The first-order valence-electron chi connectivity index (χ1n) is 10.6. The summed E-state index contributed by atoms with van der Waals surface area (Å²) in [6.45, 7) is 2.68. The van der Waals surface area contributed by atoms with E-state index in [2.05, 4.69) is 25.5 Å². The number of amides is 1. The number of aromatic nitrogens is 2. The van der Waals surface area contributed by atoms with E-state index in [1.807, 2.05) is 73.7 Å². The van der Waals surface area contributed by atoms with E-state index in [0.29, 0.717) is 29.3 Å². The van der Waals surface area contributed by atoms with Crippen molar-refractivity contribution in [2.24, 2.45) is 10.2 Å². The van der Waals surface area contributed by atoms with Crippen LogP contribution in [0.3, 0.4) is 0 Å². The molecule has 7 nitrogen and oxygen atoms in total. The molecule has 0 atom stereocenters. The van der Waals surface area contributed by atoms with Gasteiger partial charge in [0.1, 0.15) is 18.1 Å². The molecule has 0 fully saturated rings. The second-order valence-electron chi connectivity index (χ2n) is 7.57. The highest BCUT2D eigenvalue weighted by Gasteiger charge is 2.10. The highest BCUT2D eigenvalue weighted by molar-refractivity contribution is 5.95. The SMILES string of the molecule is Cc1ccc(N=NCc2nc(-c3cccc(C(=O)NCc4ccccc4)c3)cnc2N)cc1. The number of nitrogens with zero attached hydrogens (tertiary/aromatic N) is 4. The first kappa shape index (κ1) is 21.8. The molecule has 4 rings (SSSR count). The molecule has 1 amide bonds. The van der Waals surface area contributed by atoms with E-state index < -0.39 is 0 Å². The molecule has 0 radical (unpaired) electrons. The lowest BCUT2D eigenvalue weighted by molar-refractivity contribution is 0.0951. The van der Waals surface area contributed by atoms with Crippen LogP contribution in [0.4, 0.5) is 11.5 Å². The lowest BCUT2D eigenvalue weighted by Gasteiger charge is -2.08. The molecule has 1 aromatic heterocycles. The van der Waals surface area contributed by atoms with Gasteiger partial charge < -0.3 is 11.1 Å². The van der Waals surface area contributed by atoms with Crippen LogP contribution in [-0.2, 0) is 13.1 Å². The Labute approximate surface area is 192 Å². The molecule has 0 unspecified atom stereocenters. The molecule has 1 heterocycles. The van der Waals surface area contributed by atoms with Crippen LogP contribution >= 0.6 is 0 Å². The Balaban J connectivity index is 1.47. The molecule has 3 aromatic carbocycles. The standard InChI is InChI=1S/C26H24N6O/c1-18-10-12-22(13-11-18)32-30-17-24-25(27)28-16-23(31-24)20-8-5-9-21(14-20)26(33)29-15-19-6-3-2-4-7-19/h2-14,16H,15,17H2,1H3,(H2,27,28)(H,29,33). The fourth-order valence-electron chi connectivity index (χ4n) is 3.19. The van der Waals surface area contributed by atoms with Crippen LogP contribution in [0.2, 0.25) is 0 Å². The Morgan fingerprint density at radius 2 is 1.79 bits per heavy atom. The van der Waals surface area contributed by atoms with E-state index in [-0.39, 0.29) is 12.5 Å². The zero-order valence-corrected chi connectivity index (χ0v) is 18.3. The maximum atomic E-state index is 12.6. The summed E-state index contributed by atoms with van der Waals surface area (Å²) >= 11 is 0. The van der Waals surface area contributed by atoms with E-state index in [4.69, 9.17) is 5.73 Å². The van der Waals surface area contributed by atoms with Crippen LogP contribution in [0, 0.1) is 6.92 Å². The summed E-state index contributed by atoms with van der Waals surface area (Å²) in [7, 11) is 0. The van der Waals surface area contributed by atoms with Crippen LogP contribution in [0.5, 0.6) is 0 Å². The normalized spacial score (nSPS) is 10.9. The zero-order chi connectivity index (χ0) is 23.0. The Morgan fingerprint density at radius 1 is 1.00 bits per heavy atom. The lowest BCUT2D eigenvalue weighted by Crippen LogP contribution is -2.22. The second kappa shape index (κ2) is 10.3. The van der Waals surface area contributed by atoms with Crippen molar-refractivity contribution >= 4 is 17.4 Å². The van der Waals surface area contributed by atoms with E-state index >= 15 is 0 Å². The molecule has 0 aliphatic heterocycles. The largest absolute Gasteiger partial charge is 0.382 e. The maximum absolute atomic E-state index is 12.6. The summed E-state index contributed by atoms with van der Waals surface area (Å²) in [5, 5.41) is 11.4. The van der Waals surface area contributed by atoms with Gasteiger partial charge in [-0.1, -0.05) is 60.2 Å². The van der Waals surface area contributed by atoms with Crippen molar-refractivity contribution in [1.29, 1.82) is 0 Å². The number of anilines is 1. The number of hydrogen-bond acceptors (Lipinski definition) is 6. The second-order valence-corrected chi connectivity index (χ2v) is 7.57. The number of benzene rings is 3. The van der Waals surface area contributed by atoms with Crippen molar-refractivity contribution in [2.45, 2.75) is 20.0 Å². The Morgan fingerprint density at radius 3 is 2.58 bits per heavy atom. The smallest absolute Gasteiger partial charge is 0.251 e. The number of rotatable bonds is 7. The van der Waals surface area contributed by atoms with Gasteiger partial charge in [-0.25, -0.2) is 9.97 Å². The van der Waals surface area contributed by atoms with Gasteiger partial charge in [-0.05, 0) is 36.8 Å². The molecule has 164 valence electrons. The summed E-state index contributed by atoms with van der Waals surface area (Å²) in [6.07, 6.45) is 1.59. The molecule has 0 aliphatic carbocycles. The van der Waals surface area contributed by atoms with Crippen LogP contribution < -0.4 is 11.1 Å². The van der Waals surface area contributed by atoms with Crippen LogP contribution in [0.25, 0.3) is 11.3 Å². The van der Waals surface area contributed by atoms with E-state index in [1.165, 1.54) is 0 Å². The lowest BCUT2D eigenvalue weighted by atomic mass is 10.1. The van der Waals surface area contributed by atoms with Crippen molar-refractivity contribution in [3.63, 3.8) is 0 Å². The highest BCUT2D eigenvalue weighted by atomic mass is 16.1.